The highest BCUT2D eigenvalue weighted by Crippen LogP contribution is 2.33. The van der Waals surface area contributed by atoms with E-state index in [9.17, 15) is 9.59 Å². The zero-order valence-electron chi connectivity index (χ0n) is 17.8. The number of aromatic amines is 2. The van der Waals surface area contributed by atoms with Crippen LogP contribution in [0.2, 0.25) is 0 Å². The van der Waals surface area contributed by atoms with Gasteiger partial charge in [0.25, 0.3) is 5.56 Å². The predicted molar refractivity (Wildman–Crippen MR) is 121 cm³/mol. The van der Waals surface area contributed by atoms with Crippen molar-refractivity contribution in [2.24, 2.45) is 0 Å². The van der Waals surface area contributed by atoms with E-state index in [1.165, 1.54) is 6.33 Å². The number of H-pyrrole nitrogens is 2. The van der Waals surface area contributed by atoms with Gasteiger partial charge in [-0.25, -0.2) is 14.8 Å². The van der Waals surface area contributed by atoms with Crippen LogP contribution in [0.1, 0.15) is 16.8 Å². The van der Waals surface area contributed by atoms with Crippen molar-refractivity contribution in [2.45, 2.75) is 6.42 Å². The molecule has 0 aliphatic rings. The van der Waals surface area contributed by atoms with E-state index in [1.807, 2.05) is 32.3 Å². The maximum Gasteiger partial charge on any atom is 0.335 e. The number of nitrogens with one attached hydrogen (secondary N) is 2. The molecule has 0 unspecified atom stereocenters. The second-order valence-corrected chi connectivity index (χ2v) is 7.61. The summed E-state index contributed by atoms with van der Waals surface area (Å²) in [5.74, 6) is -0.0350. The quantitative estimate of drug-likeness (QED) is 0.365. The Morgan fingerprint density at radius 3 is 2.59 bits per heavy atom. The van der Waals surface area contributed by atoms with Crippen molar-refractivity contribution in [1.82, 2.24) is 24.8 Å². The number of carbonyl (C=O) groups is 1. The van der Waals surface area contributed by atoms with Crippen LogP contribution in [0.25, 0.3) is 33.7 Å². The number of carboxylic acids is 1. The molecule has 32 heavy (non-hydrogen) atoms. The first-order valence-electron chi connectivity index (χ1n) is 10.1. The number of benzene rings is 2. The van der Waals surface area contributed by atoms with E-state index < -0.39 is 5.97 Å². The molecule has 0 fully saturated rings. The summed E-state index contributed by atoms with van der Waals surface area (Å²) in [4.78, 5) is 39.7. The Hall–Kier alpha value is -3.98. The fourth-order valence-electron chi connectivity index (χ4n) is 3.36. The summed E-state index contributed by atoms with van der Waals surface area (Å²) in [6.07, 6.45) is 2.26. The fraction of sp³-hybridized carbons (Fsp3) is 0.217. The largest absolute Gasteiger partial charge is 0.493 e. The molecule has 0 bridgehead atoms. The summed E-state index contributed by atoms with van der Waals surface area (Å²) in [6.45, 7) is 1.36. The van der Waals surface area contributed by atoms with Gasteiger partial charge >= 0.3 is 5.97 Å². The summed E-state index contributed by atoms with van der Waals surface area (Å²) >= 11 is 0. The molecule has 0 amide bonds. The van der Waals surface area contributed by atoms with Crippen LogP contribution in [0.15, 0.2) is 53.6 Å². The third kappa shape index (κ3) is 4.52. The summed E-state index contributed by atoms with van der Waals surface area (Å²) < 4.78 is 6.09. The zero-order valence-corrected chi connectivity index (χ0v) is 17.8. The second-order valence-electron chi connectivity index (χ2n) is 7.61. The third-order valence-electron chi connectivity index (χ3n) is 5.01. The number of fused-ring (bicyclic) bond motifs is 1. The maximum absolute atomic E-state index is 12.4. The van der Waals surface area contributed by atoms with Crippen molar-refractivity contribution >= 4 is 17.1 Å². The minimum atomic E-state index is -0.972. The monoisotopic (exact) mass is 433 g/mol. The standard InChI is InChI=1S/C23H23N5O4/c1-28(2)10-3-11-32-18-12-16(14-4-6-15(7-5-14)23(30)31)8-9-17(18)20-26-21-19(22(29)27-20)24-13-25-21/h4-9,12-13H,3,10-11H2,1-2H3,(H,30,31)(H2,24,25,26,27,29). The van der Waals surface area contributed by atoms with E-state index in [0.717, 1.165) is 24.1 Å². The van der Waals surface area contributed by atoms with Gasteiger partial charge < -0.3 is 24.7 Å². The molecule has 0 saturated carbocycles. The normalized spacial score (nSPS) is 11.2. The Morgan fingerprint density at radius 2 is 1.88 bits per heavy atom. The first kappa shape index (κ1) is 21.3. The summed E-state index contributed by atoms with van der Waals surface area (Å²) in [5.41, 5.74) is 2.91. The number of imidazole rings is 1. The number of aromatic carboxylic acids is 1. The summed E-state index contributed by atoms with van der Waals surface area (Å²) in [6, 6.07) is 12.2. The predicted octanol–water partition coefficient (Wildman–Crippen LogP) is 3.01. The Labute approximate surface area is 183 Å². The highest BCUT2D eigenvalue weighted by molar-refractivity contribution is 5.88. The Kier molecular flexibility index (Phi) is 6.00. The van der Waals surface area contributed by atoms with Gasteiger partial charge in [-0.15, -0.1) is 0 Å². The molecule has 4 aromatic rings. The van der Waals surface area contributed by atoms with Crippen molar-refractivity contribution in [3.8, 4) is 28.3 Å². The van der Waals surface area contributed by atoms with Crippen LogP contribution in [0.4, 0.5) is 0 Å². The number of carboxylic acid groups (broad SMARTS) is 1. The molecule has 0 aliphatic heterocycles. The van der Waals surface area contributed by atoms with Gasteiger partial charge in [0.2, 0.25) is 0 Å². The number of hydrogen-bond acceptors (Lipinski definition) is 6. The van der Waals surface area contributed by atoms with E-state index >= 15 is 0 Å². The van der Waals surface area contributed by atoms with Crippen molar-refractivity contribution in [1.29, 1.82) is 0 Å². The van der Waals surface area contributed by atoms with E-state index in [2.05, 4.69) is 24.8 Å². The molecule has 4 rings (SSSR count). The number of rotatable bonds is 8. The van der Waals surface area contributed by atoms with E-state index in [1.54, 1.807) is 24.3 Å². The van der Waals surface area contributed by atoms with E-state index in [0.29, 0.717) is 34.9 Å². The van der Waals surface area contributed by atoms with Crippen molar-refractivity contribution in [3.05, 3.63) is 64.7 Å². The Bertz CT molecular complexity index is 1310. The Morgan fingerprint density at radius 1 is 1.12 bits per heavy atom. The smallest absolute Gasteiger partial charge is 0.335 e. The maximum atomic E-state index is 12.4. The summed E-state index contributed by atoms with van der Waals surface area (Å²) in [5, 5.41) is 9.13. The van der Waals surface area contributed by atoms with Gasteiger partial charge in [-0.05, 0) is 55.9 Å². The lowest BCUT2D eigenvalue weighted by Gasteiger charge is -2.15. The molecule has 2 aromatic carbocycles. The van der Waals surface area contributed by atoms with E-state index in [-0.39, 0.29) is 11.1 Å². The molecule has 0 atom stereocenters. The molecule has 164 valence electrons. The first-order chi connectivity index (χ1) is 15.4. The van der Waals surface area contributed by atoms with Crippen LogP contribution >= 0.6 is 0 Å². The molecule has 0 spiro atoms. The molecule has 0 saturated heterocycles. The van der Waals surface area contributed by atoms with Crippen LogP contribution in [0.5, 0.6) is 5.75 Å². The highest BCUT2D eigenvalue weighted by Gasteiger charge is 2.14. The van der Waals surface area contributed by atoms with Crippen LogP contribution < -0.4 is 10.3 Å². The summed E-state index contributed by atoms with van der Waals surface area (Å²) in [7, 11) is 4.00. The Balaban J connectivity index is 1.72. The van der Waals surface area contributed by atoms with Gasteiger partial charge in [0.15, 0.2) is 11.2 Å². The molecule has 3 N–H and O–H groups in total. The zero-order chi connectivity index (χ0) is 22.7. The molecule has 0 radical (unpaired) electrons. The van der Waals surface area contributed by atoms with Gasteiger partial charge in [0.05, 0.1) is 24.1 Å². The number of aromatic nitrogens is 4. The first-order valence-corrected chi connectivity index (χ1v) is 10.1. The van der Waals surface area contributed by atoms with Gasteiger partial charge in [0, 0.05) is 6.54 Å². The molecule has 9 nitrogen and oxygen atoms in total. The van der Waals surface area contributed by atoms with Gasteiger partial charge in [-0.1, -0.05) is 18.2 Å². The van der Waals surface area contributed by atoms with Gasteiger partial charge in [0.1, 0.15) is 11.6 Å². The van der Waals surface area contributed by atoms with Crippen LogP contribution in [0.3, 0.4) is 0 Å². The molecular formula is C23H23N5O4. The van der Waals surface area contributed by atoms with E-state index in [4.69, 9.17) is 9.84 Å². The lowest BCUT2D eigenvalue weighted by atomic mass is 10.0. The SMILES string of the molecule is CN(C)CCCOc1cc(-c2ccc(C(=O)O)cc2)ccc1-c1nc2nc[nH]c2c(=O)[nH]1. The lowest BCUT2D eigenvalue weighted by Crippen LogP contribution is -2.16. The number of nitrogens with zero attached hydrogens (tertiary/aromatic N) is 3. The molecule has 2 heterocycles. The van der Waals surface area contributed by atoms with Crippen molar-refractivity contribution in [3.63, 3.8) is 0 Å². The minimum Gasteiger partial charge on any atom is -0.493 e. The van der Waals surface area contributed by atoms with Gasteiger partial charge in [-0.3, -0.25) is 4.79 Å². The minimum absolute atomic E-state index is 0.222. The van der Waals surface area contributed by atoms with Crippen LogP contribution in [0, 0.1) is 0 Å². The molecule has 2 aromatic heterocycles. The topological polar surface area (TPSA) is 124 Å². The van der Waals surface area contributed by atoms with Crippen LogP contribution in [-0.4, -0.2) is 63.2 Å². The average molecular weight is 433 g/mol. The molecule has 9 heteroatoms. The number of ether oxygens (including phenoxy) is 1. The molecular weight excluding hydrogens is 410 g/mol. The van der Waals surface area contributed by atoms with Crippen molar-refractivity contribution < 1.29 is 14.6 Å². The van der Waals surface area contributed by atoms with Crippen LogP contribution in [-0.2, 0) is 0 Å². The highest BCUT2D eigenvalue weighted by atomic mass is 16.5. The second kappa shape index (κ2) is 9.03. The molecule has 0 aliphatic carbocycles. The van der Waals surface area contributed by atoms with Gasteiger partial charge in [-0.2, -0.15) is 0 Å². The average Bonchev–Trinajstić information content (AvgIpc) is 3.26. The number of hydrogen-bond donors (Lipinski definition) is 3. The van der Waals surface area contributed by atoms with Crippen molar-refractivity contribution in [2.75, 3.05) is 27.2 Å². The fourth-order valence-corrected chi connectivity index (χ4v) is 3.36. The third-order valence-corrected chi connectivity index (χ3v) is 5.01. The lowest BCUT2D eigenvalue weighted by molar-refractivity contribution is 0.0697.